The van der Waals surface area contributed by atoms with Crippen LogP contribution >= 0.6 is 15.9 Å². The van der Waals surface area contributed by atoms with Crippen LogP contribution in [0.15, 0.2) is 56.1 Å². The van der Waals surface area contributed by atoms with Crippen LogP contribution in [-0.2, 0) is 17.8 Å². The number of hydrogen-bond donors (Lipinski definition) is 2. The molecule has 37 heavy (non-hydrogen) atoms. The van der Waals surface area contributed by atoms with E-state index in [4.69, 9.17) is 9.15 Å². The lowest BCUT2D eigenvalue weighted by Crippen LogP contribution is -2.44. The number of ether oxygens (including phenoxy) is 1. The summed E-state index contributed by atoms with van der Waals surface area (Å²) in [5.74, 6) is 1.21. The van der Waals surface area contributed by atoms with Gasteiger partial charge in [-0.2, -0.15) is 0 Å². The van der Waals surface area contributed by atoms with Crippen LogP contribution in [0.2, 0.25) is 0 Å². The summed E-state index contributed by atoms with van der Waals surface area (Å²) in [7, 11) is 0. The zero-order valence-electron chi connectivity index (χ0n) is 21.2. The molecule has 1 amide bonds. The Balaban J connectivity index is 1.10. The zero-order chi connectivity index (χ0) is 25.8. The predicted molar refractivity (Wildman–Crippen MR) is 148 cm³/mol. The van der Waals surface area contributed by atoms with Gasteiger partial charge in [0, 0.05) is 31.7 Å². The minimum absolute atomic E-state index is 0.0690. The number of nitrogens with zero attached hydrogens (tertiary/aromatic N) is 1. The lowest BCUT2D eigenvalue weighted by molar-refractivity contribution is -0.121. The average Bonchev–Trinajstić information content (AvgIpc) is 2.88. The highest BCUT2D eigenvalue weighted by Crippen LogP contribution is 2.29. The van der Waals surface area contributed by atoms with Crippen LogP contribution in [0, 0.1) is 6.92 Å². The van der Waals surface area contributed by atoms with E-state index in [1.165, 1.54) is 11.6 Å². The molecule has 0 atom stereocenters. The summed E-state index contributed by atoms with van der Waals surface area (Å²) in [6.45, 7) is 6.63. The molecule has 2 N–H and O–H groups in total. The topological polar surface area (TPSA) is 83.8 Å². The number of fused-ring (bicyclic) bond motifs is 1. The molecule has 2 saturated heterocycles. The second kappa shape index (κ2) is 11.8. The van der Waals surface area contributed by atoms with Crippen LogP contribution in [0.25, 0.3) is 11.0 Å². The molecule has 5 rings (SSSR count). The Labute approximate surface area is 225 Å². The number of likely N-dealkylation sites (tertiary alicyclic amines) is 1. The monoisotopic (exact) mass is 567 g/mol. The first kappa shape index (κ1) is 25.9. The predicted octanol–water partition coefficient (Wildman–Crippen LogP) is 4.32. The number of aryl methyl sites for hydroxylation is 1. The third kappa shape index (κ3) is 6.61. The van der Waals surface area contributed by atoms with Gasteiger partial charge in [0.25, 0.3) is 0 Å². The third-order valence-electron chi connectivity index (χ3n) is 7.27. The molecule has 0 radical (unpaired) electrons. The molecule has 2 aromatic carbocycles. The van der Waals surface area contributed by atoms with Crippen LogP contribution in [0.4, 0.5) is 0 Å². The Bertz CT molecular complexity index is 1310. The largest absolute Gasteiger partial charge is 0.489 e. The van der Waals surface area contributed by atoms with Gasteiger partial charge in [-0.15, -0.1) is 0 Å². The van der Waals surface area contributed by atoms with Crippen LogP contribution < -0.4 is 20.8 Å². The molecule has 1 aromatic heterocycles. The van der Waals surface area contributed by atoms with E-state index in [-0.39, 0.29) is 29.9 Å². The number of carbonyl (C=O) groups excluding carboxylic acids is 1. The molecule has 7 nitrogen and oxygen atoms in total. The van der Waals surface area contributed by atoms with Crippen molar-refractivity contribution < 1.29 is 13.9 Å². The van der Waals surface area contributed by atoms with Gasteiger partial charge < -0.3 is 19.8 Å². The van der Waals surface area contributed by atoms with Crippen molar-refractivity contribution in [2.24, 2.45) is 0 Å². The average molecular weight is 569 g/mol. The molecule has 0 bridgehead atoms. The van der Waals surface area contributed by atoms with Crippen LogP contribution in [-0.4, -0.2) is 49.1 Å². The summed E-state index contributed by atoms with van der Waals surface area (Å²) in [5, 5.41) is 7.05. The summed E-state index contributed by atoms with van der Waals surface area (Å²) in [4.78, 5) is 27.5. The fraction of sp³-hybridized carbons (Fsp3) is 0.448. The maximum absolute atomic E-state index is 12.7. The summed E-state index contributed by atoms with van der Waals surface area (Å²) >= 11 is 3.69. The summed E-state index contributed by atoms with van der Waals surface area (Å²) in [6, 6.07) is 13.4. The second-order valence-corrected chi connectivity index (χ2v) is 11.0. The van der Waals surface area contributed by atoms with Gasteiger partial charge in [0.1, 0.15) is 23.2 Å². The number of rotatable bonds is 7. The quantitative estimate of drug-likeness (QED) is 0.442. The van der Waals surface area contributed by atoms with Crippen molar-refractivity contribution >= 4 is 32.8 Å². The molecule has 2 aliphatic heterocycles. The molecule has 2 fully saturated rings. The van der Waals surface area contributed by atoms with Gasteiger partial charge in [-0.3, -0.25) is 14.5 Å². The SMILES string of the molecule is Cc1cccc2c(=O)cc(CC(=O)NC3CCN(Cc4ccc(OC5CCNCC5)c(Br)c4)CC3)oc12. The Morgan fingerprint density at radius 1 is 1.14 bits per heavy atom. The van der Waals surface area contributed by atoms with Crippen molar-refractivity contribution in [2.75, 3.05) is 26.2 Å². The first-order valence-electron chi connectivity index (χ1n) is 13.1. The second-order valence-electron chi connectivity index (χ2n) is 10.2. The number of amides is 1. The maximum atomic E-state index is 12.7. The van der Waals surface area contributed by atoms with Crippen molar-refractivity contribution in [1.82, 2.24) is 15.5 Å². The van der Waals surface area contributed by atoms with E-state index in [0.29, 0.717) is 16.7 Å². The number of carbonyl (C=O) groups is 1. The van der Waals surface area contributed by atoms with Gasteiger partial charge in [-0.1, -0.05) is 18.2 Å². The van der Waals surface area contributed by atoms with Gasteiger partial charge in [0.05, 0.1) is 16.3 Å². The third-order valence-corrected chi connectivity index (χ3v) is 7.89. The lowest BCUT2D eigenvalue weighted by Gasteiger charge is -2.32. The molecule has 3 heterocycles. The van der Waals surface area contributed by atoms with E-state index < -0.39 is 0 Å². The van der Waals surface area contributed by atoms with Crippen LogP contribution in [0.3, 0.4) is 0 Å². The van der Waals surface area contributed by atoms with Gasteiger partial charge >= 0.3 is 0 Å². The minimum atomic E-state index is -0.112. The standard InChI is InChI=1S/C29H34BrN3O4/c1-19-3-2-4-24-26(34)16-23(37-29(19)24)17-28(35)32-21-9-13-33(14-10-21)18-20-5-6-27(25(30)15-20)36-22-7-11-31-12-8-22/h2-6,15-16,21-22,31H,7-14,17-18H2,1H3,(H,32,35). The van der Waals surface area contributed by atoms with E-state index in [0.717, 1.165) is 74.2 Å². The highest BCUT2D eigenvalue weighted by Gasteiger charge is 2.22. The zero-order valence-corrected chi connectivity index (χ0v) is 22.8. The van der Waals surface area contributed by atoms with E-state index in [2.05, 4.69) is 49.7 Å². The number of halogens is 1. The normalized spacial score (nSPS) is 17.7. The van der Waals surface area contributed by atoms with Crippen molar-refractivity contribution in [1.29, 1.82) is 0 Å². The first-order valence-corrected chi connectivity index (χ1v) is 13.9. The number of benzene rings is 2. The molecule has 196 valence electrons. The van der Waals surface area contributed by atoms with Gasteiger partial charge in [0.15, 0.2) is 5.43 Å². The summed E-state index contributed by atoms with van der Waals surface area (Å²) in [6.07, 6.45) is 4.21. The van der Waals surface area contributed by atoms with Crippen molar-refractivity contribution in [3.63, 3.8) is 0 Å². The van der Waals surface area contributed by atoms with Gasteiger partial charge in [0.2, 0.25) is 5.91 Å². The molecule has 0 aliphatic carbocycles. The minimum Gasteiger partial charge on any atom is -0.489 e. The summed E-state index contributed by atoms with van der Waals surface area (Å²) in [5.41, 5.74) is 2.58. The van der Waals surface area contributed by atoms with E-state index >= 15 is 0 Å². The molecule has 0 spiro atoms. The molecule has 3 aromatic rings. The summed E-state index contributed by atoms with van der Waals surface area (Å²) < 4.78 is 13.1. The van der Waals surface area contributed by atoms with E-state index in [1.807, 2.05) is 19.1 Å². The molecular formula is C29H34BrN3O4. The van der Waals surface area contributed by atoms with Gasteiger partial charge in [-0.05, 0) is 91.0 Å². The maximum Gasteiger partial charge on any atom is 0.227 e. The van der Waals surface area contributed by atoms with Crippen molar-refractivity contribution in [3.8, 4) is 5.75 Å². The van der Waals surface area contributed by atoms with Crippen molar-refractivity contribution in [2.45, 2.75) is 57.7 Å². The van der Waals surface area contributed by atoms with Crippen LogP contribution in [0.5, 0.6) is 5.75 Å². The molecule has 0 saturated carbocycles. The Kier molecular flexibility index (Phi) is 8.27. The number of hydrogen-bond acceptors (Lipinski definition) is 6. The smallest absolute Gasteiger partial charge is 0.227 e. The fourth-order valence-electron chi connectivity index (χ4n) is 5.22. The number of nitrogens with one attached hydrogen (secondary N) is 2. The van der Waals surface area contributed by atoms with Crippen LogP contribution in [0.1, 0.15) is 42.6 Å². The highest BCUT2D eigenvalue weighted by atomic mass is 79.9. The van der Waals surface area contributed by atoms with Gasteiger partial charge in [-0.25, -0.2) is 0 Å². The first-order chi connectivity index (χ1) is 17.9. The molecule has 8 heteroatoms. The number of piperidine rings is 2. The van der Waals surface area contributed by atoms with E-state index in [9.17, 15) is 9.59 Å². The van der Waals surface area contributed by atoms with E-state index in [1.54, 1.807) is 6.07 Å². The Morgan fingerprint density at radius 3 is 2.68 bits per heavy atom. The Morgan fingerprint density at radius 2 is 1.92 bits per heavy atom. The fourth-order valence-corrected chi connectivity index (χ4v) is 5.73. The lowest BCUT2D eigenvalue weighted by atomic mass is 10.0. The number of para-hydroxylation sites is 1. The molecule has 0 unspecified atom stereocenters. The highest BCUT2D eigenvalue weighted by molar-refractivity contribution is 9.10. The Hall–Kier alpha value is -2.68. The van der Waals surface area contributed by atoms with Crippen molar-refractivity contribution in [3.05, 3.63) is 74.0 Å². The molecular weight excluding hydrogens is 534 g/mol. The molecule has 2 aliphatic rings.